The van der Waals surface area contributed by atoms with E-state index in [0.717, 1.165) is 19.3 Å². The Morgan fingerprint density at radius 1 is 1.24 bits per heavy atom. The van der Waals surface area contributed by atoms with Crippen LogP contribution in [0.4, 0.5) is 8.78 Å². The van der Waals surface area contributed by atoms with Crippen LogP contribution in [0.1, 0.15) is 44.3 Å². The van der Waals surface area contributed by atoms with Gasteiger partial charge < -0.3 is 9.84 Å². The minimum atomic E-state index is -2.86. The number of para-hydroxylation sites is 1. The van der Waals surface area contributed by atoms with Crippen LogP contribution in [0, 0.1) is 0 Å². The highest BCUT2D eigenvalue weighted by atomic mass is 19.3. The summed E-state index contributed by atoms with van der Waals surface area (Å²) in [5, 5.41) is 9.92. The van der Waals surface area contributed by atoms with Gasteiger partial charge in [0, 0.05) is 5.56 Å². The number of aliphatic hydroxyl groups is 1. The van der Waals surface area contributed by atoms with E-state index in [2.05, 4.69) is 11.7 Å². The first-order valence-electron chi connectivity index (χ1n) is 5.87. The third kappa shape index (κ3) is 4.69. The van der Waals surface area contributed by atoms with E-state index >= 15 is 0 Å². The van der Waals surface area contributed by atoms with Crippen LogP contribution >= 0.6 is 0 Å². The van der Waals surface area contributed by atoms with Crippen LogP contribution in [-0.2, 0) is 0 Å². The average Bonchev–Trinajstić information content (AvgIpc) is 2.29. The molecule has 1 aromatic rings. The molecule has 0 aromatic heterocycles. The Morgan fingerprint density at radius 3 is 2.59 bits per heavy atom. The highest BCUT2D eigenvalue weighted by molar-refractivity contribution is 5.35. The molecule has 4 heteroatoms. The first-order chi connectivity index (χ1) is 8.15. The quantitative estimate of drug-likeness (QED) is 0.737. The number of hydrogen-bond donors (Lipinski definition) is 1. The molecule has 0 amide bonds. The summed E-state index contributed by atoms with van der Waals surface area (Å²) in [5.74, 6) is 0.0616. The number of rotatable bonds is 7. The van der Waals surface area contributed by atoms with Gasteiger partial charge in [-0.05, 0) is 12.5 Å². The summed E-state index contributed by atoms with van der Waals surface area (Å²) in [7, 11) is 0. The first-order valence-corrected chi connectivity index (χ1v) is 5.87. The van der Waals surface area contributed by atoms with E-state index in [9.17, 15) is 13.9 Å². The van der Waals surface area contributed by atoms with E-state index in [1.165, 1.54) is 6.07 Å². The lowest BCUT2D eigenvalue weighted by Gasteiger charge is -2.15. The van der Waals surface area contributed by atoms with Gasteiger partial charge in [0.2, 0.25) is 0 Å². The third-order valence-electron chi connectivity index (χ3n) is 2.58. The molecule has 0 aliphatic carbocycles. The zero-order chi connectivity index (χ0) is 12.7. The Labute approximate surface area is 100 Å². The minimum Gasteiger partial charge on any atom is -0.434 e. The van der Waals surface area contributed by atoms with Crippen molar-refractivity contribution in [3.63, 3.8) is 0 Å². The molecule has 0 saturated heterocycles. The van der Waals surface area contributed by atoms with Crippen molar-refractivity contribution in [3.8, 4) is 5.75 Å². The van der Waals surface area contributed by atoms with Crippen LogP contribution < -0.4 is 4.74 Å². The largest absolute Gasteiger partial charge is 0.434 e. The van der Waals surface area contributed by atoms with Crippen LogP contribution in [0.3, 0.4) is 0 Å². The highest BCUT2D eigenvalue weighted by Crippen LogP contribution is 2.29. The summed E-state index contributed by atoms with van der Waals surface area (Å²) in [4.78, 5) is 0. The standard InChI is InChI=1S/C13H18F2O2/c1-2-3-4-8-11(16)10-7-5-6-9-12(10)17-13(14)15/h5-7,9,11,13,16H,2-4,8H2,1H3. The van der Waals surface area contributed by atoms with E-state index in [0.29, 0.717) is 12.0 Å². The van der Waals surface area contributed by atoms with Gasteiger partial charge in [-0.3, -0.25) is 0 Å². The maximum absolute atomic E-state index is 12.2. The Kier molecular flexibility index (Phi) is 5.91. The molecule has 0 heterocycles. The molecule has 0 bridgehead atoms. The molecule has 1 rings (SSSR count). The van der Waals surface area contributed by atoms with Crippen molar-refractivity contribution in [2.45, 2.75) is 45.3 Å². The molecule has 1 N–H and O–H groups in total. The van der Waals surface area contributed by atoms with Crippen molar-refractivity contribution < 1.29 is 18.6 Å². The van der Waals surface area contributed by atoms with Gasteiger partial charge in [-0.15, -0.1) is 0 Å². The van der Waals surface area contributed by atoms with Crippen LogP contribution in [0.5, 0.6) is 5.75 Å². The lowest BCUT2D eigenvalue weighted by molar-refractivity contribution is -0.0516. The van der Waals surface area contributed by atoms with Gasteiger partial charge in [0.1, 0.15) is 5.75 Å². The summed E-state index contributed by atoms with van der Waals surface area (Å²) in [6.07, 6.45) is 2.78. The number of benzene rings is 1. The van der Waals surface area contributed by atoms with Gasteiger partial charge in [-0.2, -0.15) is 8.78 Å². The smallest absolute Gasteiger partial charge is 0.387 e. The van der Waals surface area contributed by atoms with Crippen LogP contribution in [-0.4, -0.2) is 11.7 Å². The van der Waals surface area contributed by atoms with E-state index in [-0.39, 0.29) is 5.75 Å². The summed E-state index contributed by atoms with van der Waals surface area (Å²) < 4.78 is 28.7. The Morgan fingerprint density at radius 2 is 1.94 bits per heavy atom. The van der Waals surface area contributed by atoms with Gasteiger partial charge in [0.05, 0.1) is 6.10 Å². The second kappa shape index (κ2) is 7.22. The van der Waals surface area contributed by atoms with E-state index in [1.54, 1.807) is 18.2 Å². The molecule has 0 saturated carbocycles. The molecule has 1 unspecified atom stereocenters. The van der Waals surface area contributed by atoms with Crippen molar-refractivity contribution in [1.82, 2.24) is 0 Å². The SMILES string of the molecule is CCCCCC(O)c1ccccc1OC(F)F. The molecule has 0 aliphatic rings. The molecule has 17 heavy (non-hydrogen) atoms. The lowest BCUT2D eigenvalue weighted by Crippen LogP contribution is -2.07. The summed E-state index contributed by atoms with van der Waals surface area (Å²) in [5.41, 5.74) is 0.434. The van der Waals surface area contributed by atoms with Gasteiger partial charge in [0.15, 0.2) is 0 Å². The zero-order valence-corrected chi connectivity index (χ0v) is 9.90. The van der Waals surface area contributed by atoms with Crippen molar-refractivity contribution in [1.29, 1.82) is 0 Å². The Balaban J connectivity index is 2.67. The van der Waals surface area contributed by atoms with Crippen molar-refractivity contribution >= 4 is 0 Å². The fraction of sp³-hybridized carbons (Fsp3) is 0.538. The molecule has 96 valence electrons. The lowest BCUT2D eigenvalue weighted by atomic mass is 10.0. The second-order valence-electron chi connectivity index (χ2n) is 3.93. The molecule has 2 nitrogen and oxygen atoms in total. The fourth-order valence-electron chi connectivity index (χ4n) is 1.70. The van der Waals surface area contributed by atoms with Gasteiger partial charge in [0.25, 0.3) is 0 Å². The third-order valence-corrected chi connectivity index (χ3v) is 2.58. The number of unbranched alkanes of at least 4 members (excludes halogenated alkanes) is 2. The predicted molar refractivity (Wildman–Crippen MR) is 62.2 cm³/mol. The highest BCUT2D eigenvalue weighted by Gasteiger charge is 2.15. The Hall–Kier alpha value is -1.16. The van der Waals surface area contributed by atoms with Crippen molar-refractivity contribution in [2.75, 3.05) is 0 Å². The van der Waals surface area contributed by atoms with Crippen LogP contribution in [0.25, 0.3) is 0 Å². The average molecular weight is 244 g/mol. The maximum atomic E-state index is 12.2. The van der Waals surface area contributed by atoms with Crippen LogP contribution in [0.2, 0.25) is 0 Å². The van der Waals surface area contributed by atoms with E-state index < -0.39 is 12.7 Å². The summed E-state index contributed by atoms with van der Waals surface area (Å²) >= 11 is 0. The summed E-state index contributed by atoms with van der Waals surface area (Å²) in [6.45, 7) is -0.792. The summed E-state index contributed by atoms with van der Waals surface area (Å²) in [6, 6.07) is 6.38. The number of hydrogen-bond acceptors (Lipinski definition) is 2. The second-order valence-corrected chi connectivity index (χ2v) is 3.93. The fourth-order valence-corrected chi connectivity index (χ4v) is 1.70. The zero-order valence-electron chi connectivity index (χ0n) is 9.90. The molecule has 0 spiro atoms. The predicted octanol–water partition coefficient (Wildman–Crippen LogP) is 3.90. The maximum Gasteiger partial charge on any atom is 0.387 e. The number of ether oxygens (including phenoxy) is 1. The number of aliphatic hydroxyl groups excluding tert-OH is 1. The van der Waals surface area contributed by atoms with Crippen LogP contribution in [0.15, 0.2) is 24.3 Å². The topological polar surface area (TPSA) is 29.5 Å². The molecule has 0 radical (unpaired) electrons. The molecular formula is C13H18F2O2. The molecular weight excluding hydrogens is 226 g/mol. The molecule has 1 aromatic carbocycles. The van der Waals surface area contributed by atoms with Gasteiger partial charge >= 0.3 is 6.61 Å². The first kappa shape index (κ1) is 13.9. The monoisotopic (exact) mass is 244 g/mol. The Bertz CT molecular complexity index is 329. The van der Waals surface area contributed by atoms with Gasteiger partial charge in [-0.25, -0.2) is 0 Å². The van der Waals surface area contributed by atoms with Crippen molar-refractivity contribution in [3.05, 3.63) is 29.8 Å². The number of alkyl halides is 2. The normalized spacial score (nSPS) is 12.8. The molecule has 1 atom stereocenters. The molecule has 0 aliphatic heterocycles. The number of halogens is 2. The van der Waals surface area contributed by atoms with Gasteiger partial charge in [-0.1, -0.05) is 44.4 Å². The minimum absolute atomic E-state index is 0.0616. The van der Waals surface area contributed by atoms with E-state index in [1.807, 2.05) is 0 Å². The molecule has 0 fully saturated rings. The van der Waals surface area contributed by atoms with E-state index in [4.69, 9.17) is 0 Å². The van der Waals surface area contributed by atoms with Crippen molar-refractivity contribution in [2.24, 2.45) is 0 Å².